The van der Waals surface area contributed by atoms with Crippen LogP contribution in [0, 0.1) is 5.92 Å². The summed E-state index contributed by atoms with van der Waals surface area (Å²) in [5.41, 5.74) is 1.18. The van der Waals surface area contributed by atoms with Gasteiger partial charge in [0.1, 0.15) is 11.8 Å². The summed E-state index contributed by atoms with van der Waals surface area (Å²) in [6.07, 6.45) is -4.59. The predicted molar refractivity (Wildman–Crippen MR) is 180 cm³/mol. The van der Waals surface area contributed by atoms with Crippen LogP contribution < -0.4 is 20.0 Å². The first-order valence-electron chi connectivity index (χ1n) is 14.8. The van der Waals surface area contributed by atoms with Crippen LogP contribution in [-0.2, 0) is 27.1 Å². The van der Waals surface area contributed by atoms with Gasteiger partial charge < -0.3 is 10.2 Å². The number of thioether (sulfide) groups is 1. The molecule has 0 saturated carbocycles. The topological polar surface area (TPSA) is 91.7 Å². The summed E-state index contributed by atoms with van der Waals surface area (Å²) in [6.45, 7) is 5.21. The van der Waals surface area contributed by atoms with E-state index in [1.807, 2.05) is 24.3 Å². The van der Waals surface area contributed by atoms with E-state index in [4.69, 9.17) is 0 Å². The predicted octanol–water partition coefficient (Wildman–Crippen LogP) is 6.97. The van der Waals surface area contributed by atoms with Crippen molar-refractivity contribution in [2.24, 2.45) is 5.92 Å². The maximum atomic E-state index is 14.1. The van der Waals surface area contributed by atoms with E-state index in [-0.39, 0.29) is 11.6 Å². The number of alkyl halides is 3. The van der Waals surface area contributed by atoms with Crippen molar-refractivity contribution in [2.75, 3.05) is 28.2 Å². The summed E-state index contributed by atoms with van der Waals surface area (Å²) in [5, 5.41) is 1.96. The molecule has 8 nitrogen and oxygen atoms in total. The lowest BCUT2D eigenvalue weighted by Gasteiger charge is -2.31. The Morgan fingerprint density at radius 2 is 1.64 bits per heavy atom. The third-order valence-electron chi connectivity index (χ3n) is 8.29. The number of thiazole rings is 1. The van der Waals surface area contributed by atoms with Crippen LogP contribution in [-0.4, -0.2) is 40.6 Å². The molecule has 14 heteroatoms. The standard InChI is InChI=1S/C33H28BrF3N4O4S2/c1-3-39(4-2)22-12-8-18(9-13-22)25-26-27(30(44)41(29(26)43)23-14-10-20(34)11-15-23)46-31-28(25)47-32(45)40(31)17-24(42)38-21-7-5-6-19(16-21)33(35,36)37/h5-16,25-27H,3-4,17H2,1-2H3,(H,38,42). The molecule has 6 rings (SSSR count). The number of carbonyl (C=O) groups is 3. The molecule has 1 aromatic heterocycles. The van der Waals surface area contributed by atoms with Gasteiger partial charge in [-0.3, -0.25) is 23.7 Å². The highest BCUT2D eigenvalue weighted by molar-refractivity contribution is 9.10. The number of amides is 3. The van der Waals surface area contributed by atoms with E-state index >= 15 is 0 Å². The van der Waals surface area contributed by atoms with Gasteiger partial charge in [-0.2, -0.15) is 13.2 Å². The van der Waals surface area contributed by atoms with Crippen molar-refractivity contribution < 1.29 is 27.6 Å². The molecule has 0 radical (unpaired) electrons. The Labute approximate surface area is 284 Å². The summed E-state index contributed by atoms with van der Waals surface area (Å²) < 4.78 is 41.7. The summed E-state index contributed by atoms with van der Waals surface area (Å²) in [4.78, 5) is 58.0. The molecule has 4 aromatic rings. The van der Waals surface area contributed by atoms with Crippen LogP contribution in [0.5, 0.6) is 0 Å². The molecule has 1 N–H and O–H groups in total. The number of nitrogens with one attached hydrogen (secondary N) is 1. The SMILES string of the molecule is CCN(CC)c1ccc(C2c3sc(=O)n(CC(=O)Nc4cccc(C(F)(F)F)c4)c3SC3C(=O)N(c4ccc(Br)cc4)C(=O)C32)cc1. The van der Waals surface area contributed by atoms with Crippen molar-refractivity contribution in [3.05, 3.63) is 103 Å². The maximum Gasteiger partial charge on any atom is 0.416 e. The average molecular weight is 746 g/mol. The fourth-order valence-corrected chi connectivity index (χ4v) is 9.10. The van der Waals surface area contributed by atoms with Crippen molar-refractivity contribution in [2.45, 2.75) is 42.8 Å². The second-order valence-electron chi connectivity index (χ2n) is 11.0. The molecule has 1 fully saturated rings. The van der Waals surface area contributed by atoms with Crippen LogP contribution in [0.4, 0.5) is 30.2 Å². The number of fused-ring (bicyclic) bond motifs is 2. The fourth-order valence-electron chi connectivity index (χ4n) is 6.06. The van der Waals surface area contributed by atoms with E-state index in [9.17, 15) is 32.3 Å². The summed E-state index contributed by atoms with van der Waals surface area (Å²) in [6, 6.07) is 18.8. The van der Waals surface area contributed by atoms with E-state index < -0.39 is 52.1 Å². The highest BCUT2D eigenvalue weighted by atomic mass is 79.9. The molecule has 3 atom stereocenters. The number of aromatic nitrogens is 1. The number of carbonyl (C=O) groups excluding carboxylic acids is 3. The van der Waals surface area contributed by atoms with Crippen molar-refractivity contribution in [1.29, 1.82) is 0 Å². The van der Waals surface area contributed by atoms with Crippen LogP contribution in [0.15, 0.2) is 87.1 Å². The van der Waals surface area contributed by atoms with Crippen molar-refractivity contribution >= 4 is 73.8 Å². The van der Waals surface area contributed by atoms with Gasteiger partial charge in [0.25, 0.3) is 0 Å². The van der Waals surface area contributed by atoms with Gasteiger partial charge in [0, 0.05) is 39.7 Å². The molecule has 2 aliphatic rings. The summed E-state index contributed by atoms with van der Waals surface area (Å²) in [7, 11) is 0. The monoisotopic (exact) mass is 744 g/mol. The lowest BCUT2D eigenvalue weighted by atomic mass is 9.83. The third-order valence-corrected chi connectivity index (χ3v) is 11.4. The molecule has 244 valence electrons. The lowest BCUT2D eigenvalue weighted by Crippen LogP contribution is -2.33. The molecule has 3 aromatic carbocycles. The van der Waals surface area contributed by atoms with Gasteiger partial charge in [-0.25, -0.2) is 4.90 Å². The van der Waals surface area contributed by atoms with Gasteiger partial charge in [0.2, 0.25) is 17.7 Å². The first kappa shape index (κ1) is 33.0. The molecule has 0 aliphatic carbocycles. The minimum atomic E-state index is -4.59. The molecule has 3 unspecified atom stereocenters. The smallest absolute Gasteiger partial charge is 0.372 e. The number of halogens is 4. The van der Waals surface area contributed by atoms with E-state index in [2.05, 4.69) is 40.0 Å². The Morgan fingerprint density at radius 3 is 2.28 bits per heavy atom. The first-order valence-corrected chi connectivity index (χ1v) is 17.3. The molecule has 3 amide bonds. The number of anilines is 3. The van der Waals surface area contributed by atoms with Gasteiger partial charge in [-0.05, 0) is 74.0 Å². The number of imide groups is 1. The van der Waals surface area contributed by atoms with Gasteiger partial charge >= 0.3 is 11.0 Å². The minimum absolute atomic E-state index is 0.0671. The normalized spacial score (nSPS) is 19.0. The number of rotatable bonds is 8. The molecule has 3 heterocycles. The molecule has 0 spiro atoms. The van der Waals surface area contributed by atoms with Crippen LogP contribution in [0.3, 0.4) is 0 Å². The van der Waals surface area contributed by atoms with Gasteiger partial charge in [0.15, 0.2) is 0 Å². The highest BCUT2D eigenvalue weighted by Crippen LogP contribution is 2.54. The highest BCUT2D eigenvalue weighted by Gasteiger charge is 2.56. The second kappa shape index (κ2) is 13.0. The quantitative estimate of drug-likeness (QED) is 0.196. The molecular formula is C33H28BrF3N4O4S2. The Bertz CT molecular complexity index is 1910. The molecular weight excluding hydrogens is 717 g/mol. The number of benzene rings is 3. The van der Waals surface area contributed by atoms with E-state index in [0.29, 0.717) is 15.6 Å². The first-order chi connectivity index (χ1) is 22.4. The molecule has 47 heavy (non-hydrogen) atoms. The van der Waals surface area contributed by atoms with Crippen molar-refractivity contribution in [3.8, 4) is 0 Å². The Morgan fingerprint density at radius 1 is 0.957 bits per heavy atom. The van der Waals surface area contributed by atoms with Gasteiger partial charge in [0.05, 0.1) is 22.2 Å². The summed E-state index contributed by atoms with van der Waals surface area (Å²) in [5.74, 6) is -2.98. The van der Waals surface area contributed by atoms with E-state index in [1.165, 1.54) is 21.6 Å². The zero-order chi connectivity index (χ0) is 33.6. The Kier molecular flexibility index (Phi) is 9.11. The zero-order valence-corrected chi connectivity index (χ0v) is 28.3. The molecule has 2 aliphatic heterocycles. The minimum Gasteiger partial charge on any atom is -0.372 e. The third kappa shape index (κ3) is 6.25. The van der Waals surface area contributed by atoms with Crippen LogP contribution >= 0.6 is 39.0 Å². The molecule has 0 bridgehead atoms. The Balaban J connectivity index is 1.39. The van der Waals surface area contributed by atoms with E-state index in [1.54, 1.807) is 24.3 Å². The van der Waals surface area contributed by atoms with Gasteiger partial charge in [-0.1, -0.05) is 57.2 Å². The van der Waals surface area contributed by atoms with Crippen molar-refractivity contribution in [1.82, 2.24) is 4.57 Å². The van der Waals surface area contributed by atoms with Crippen LogP contribution in [0.1, 0.15) is 35.8 Å². The van der Waals surface area contributed by atoms with E-state index in [0.717, 1.165) is 64.0 Å². The number of nitrogens with zero attached hydrogens (tertiary/aromatic N) is 3. The largest absolute Gasteiger partial charge is 0.416 e. The van der Waals surface area contributed by atoms with Crippen LogP contribution in [0.25, 0.3) is 0 Å². The number of hydrogen-bond acceptors (Lipinski definition) is 7. The Hall–Kier alpha value is -3.88. The van der Waals surface area contributed by atoms with Crippen molar-refractivity contribution in [3.63, 3.8) is 0 Å². The zero-order valence-electron chi connectivity index (χ0n) is 25.1. The number of hydrogen-bond donors (Lipinski definition) is 1. The molecule has 1 saturated heterocycles. The second-order valence-corrected chi connectivity index (χ2v) is 14.1. The maximum absolute atomic E-state index is 14.1. The van der Waals surface area contributed by atoms with Crippen LogP contribution in [0.2, 0.25) is 0 Å². The van der Waals surface area contributed by atoms with Gasteiger partial charge in [-0.15, -0.1) is 0 Å². The fraction of sp³-hybridized carbons (Fsp3) is 0.273. The average Bonchev–Trinajstić information content (AvgIpc) is 3.48. The summed E-state index contributed by atoms with van der Waals surface area (Å²) >= 11 is 5.36. The lowest BCUT2D eigenvalue weighted by molar-refractivity contribution is -0.137.